The molecule has 2 heterocycles. The van der Waals surface area contributed by atoms with Gasteiger partial charge in [0.2, 0.25) is 5.91 Å². The van der Waals surface area contributed by atoms with Gasteiger partial charge in [0.05, 0.1) is 23.4 Å². The number of hydrogen-bond donors (Lipinski definition) is 2. The van der Waals surface area contributed by atoms with Crippen LogP contribution in [0.5, 0.6) is 0 Å². The summed E-state index contributed by atoms with van der Waals surface area (Å²) in [5.74, 6) is 0.126. The molecule has 0 radical (unpaired) electrons. The molecule has 1 aliphatic carbocycles. The molecular formula is C17H24Cl2N4O2S. The molecule has 4 rings (SSSR count). The smallest absolute Gasteiger partial charge is 0.227 e. The lowest BCUT2D eigenvalue weighted by molar-refractivity contribution is -0.119. The number of hydrogen-bond acceptors (Lipinski definition) is 6. The van der Waals surface area contributed by atoms with Crippen molar-refractivity contribution < 1.29 is 9.53 Å². The number of rotatable bonds is 3. The van der Waals surface area contributed by atoms with Crippen LogP contribution < -0.4 is 16.0 Å². The van der Waals surface area contributed by atoms with Gasteiger partial charge in [-0.15, -0.1) is 24.8 Å². The summed E-state index contributed by atoms with van der Waals surface area (Å²) < 4.78 is 6.49. The minimum Gasteiger partial charge on any atom is -0.378 e. The lowest BCUT2D eigenvalue weighted by Crippen LogP contribution is -2.36. The molecule has 0 bridgehead atoms. The van der Waals surface area contributed by atoms with E-state index in [9.17, 15) is 4.79 Å². The molecule has 1 aromatic heterocycles. The molecule has 9 heteroatoms. The molecule has 1 amide bonds. The van der Waals surface area contributed by atoms with Crippen LogP contribution in [0, 0.1) is 5.92 Å². The van der Waals surface area contributed by atoms with Gasteiger partial charge in [-0.25, -0.2) is 4.98 Å². The van der Waals surface area contributed by atoms with E-state index < -0.39 is 0 Å². The van der Waals surface area contributed by atoms with E-state index in [1.165, 1.54) is 0 Å². The maximum atomic E-state index is 12.3. The Kier molecular flexibility index (Phi) is 7.49. The van der Waals surface area contributed by atoms with Gasteiger partial charge < -0.3 is 20.7 Å². The standard InChI is InChI=1S/C17H22N4O2S.2ClH/c18-12-2-1-11(9-12)16(22)19-13-3-4-14-15(10-13)24-17(20-14)21-5-7-23-8-6-21;;/h3-4,10-12H,1-2,5-9,18H2,(H,19,22);2*1H. The number of nitrogens with two attached hydrogens (primary N) is 1. The highest BCUT2D eigenvalue weighted by molar-refractivity contribution is 7.22. The van der Waals surface area contributed by atoms with Gasteiger partial charge in [-0.1, -0.05) is 11.3 Å². The molecule has 26 heavy (non-hydrogen) atoms. The van der Waals surface area contributed by atoms with E-state index >= 15 is 0 Å². The Hall–Kier alpha value is -1.12. The van der Waals surface area contributed by atoms with Crippen molar-refractivity contribution in [1.29, 1.82) is 0 Å². The molecular weight excluding hydrogens is 395 g/mol. The first-order valence-electron chi connectivity index (χ1n) is 8.49. The lowest BCUT2D eigenvalue weighted by atomic mass is 10.1. The second-order valence-corrected chi connectivity index (χ2v) is 7.55. The summed E-state index contributed by atoms with van der Waals surface area (Å²) in [6.07, 6.45) is 2.61. The highest BCUT2D eigenvalue weighted by Gasteiger charge is 2.27. The van der Waals surface area contributed by atoms with Crippen LogP contribution in [0.2, 0.25) is 0 Å². The summed E-state index contributed by atoms with van der Waals surface area (Å²) >= 11 is 1.67. The Bertz CT molecular complexity index is 751. The van der Waals surface area contributed by atoms with Gasteiger partial charge in [0.1, 0.15) is 0 Å². The van der Waals surface area contributed by atoms with E-state index in [1.807, 2.05) is 18.2 Å². The van der Waals surface area contributed by atoms with Gasteiger partial charge in [-0.3, -0.25) is 4.79 Å². The third-order valence-electron chi connectivity index (χ3n) is 4.77. The van der Waals surface area contributed by atoms with Crippen molar-refractivity contribution in [2.45, 2.75) is 25.3 Å². The zero-order chi connectivity index (χ0) is 16.5. The number of carbonyl (C=O) groups excluding carboxylic acids is 1. The van der Waals surface area contributed by atoms with Crippen LogP contribution in [-0.2, 0) is 9.53 Å². The van der Waals surface area contributed by atoms with Crippen molar-refractivity contribution in [3.8, 4) is 0 Å². The fourth-order valence-electron chi connectivity index (χ4n) is 3.38. The van der Waals surface area contributed by atoms with Crippen LogP contribution in [0.25, 0.3) is 10.2 Å². The van der Waals surface area contributed by atoms with Gasteiger partial charge in [0.15, 0.2) is 5.13 Å². The van der Waals surface area contributed by atoms with Gasteiger partial charge in [0.25, 0.3) is 0 Å². The van der Waals surface area contributed by atoms with E-state index in [-0.39, 0.29) is 42.7 Å². The molecule has 1 aliphatic heterocycles. The summed E-state index contributed by atoms with van der Waals surface area (Å²) in [4.78, 5) is 19.3. The molecule has 0 spiro atoms. The van der Waals surface area contributed by atoms with Crippen LogP contribution in [0.4, 0.5) is 10.8 Å². The number of ether oxygens (including phenoxy) is 1. The Morgan fingerprint density at radius 1 is 1.27 bits per heavy atom. The molecule has 1 saturated heterocycles. The first kappa shape index (κ1) is 21.2. The second-order valence-electron chi connectivity index (χ2n) is 6.54. The number of benzene rings is 1. The minimum absolute atomic E-state index is 0. The van der Waals surface area contributed by atoms with E-state index in [0.717, 1.165) is 66.6 Å². The largest absolute Gasteiger partial charge is 0.378 e. The number of nitrogens with zero attached hydrogens (tertiary/aromatic N) is 2. The SMILES string of the molecule is Cl.Cl.NC1CCC(C(=O)Nc2ccc3nc(N4CCOCC4)sc3c2)C1. The number of nitrogens with one attached hydrogen (secondary N) is 1. The number of fused-ring (bicyclic) bond motifs is 1. The number of anilines is 2. The first-order valence-corrected chi connectivity index (χ1v) is 9.30. The maximum Gasteiger partial charge on any atom is 0.227 e. The van der Waals surface area contributed by atoms with E-state index in [1.54, 1.807) is 11.3 Å². The Labute approximate surface area is 169 Å². The fraction of sp³-hybridized carbons (Fsp3) is 0.529. The molecule has 6 nitrogen and oxygen atoms in total. The summed E-state index contributed by atoms with van der Waals surface area (Å²) in [6.45, 7) is 3.26. The van der Waals surface area contributed by atoms with Crippen molar-refractivity contribution in [2.24, 2.45) is 11.7 Å². The number of halogens is 2. The molecule has 2 aliphatic rings. The molecule has 2 atom stereocenters. The molecule has 2 fully saturated rings. The molecule has 2 unspecified atom stereocenters. The van der Waals surface area contributed by atoms with Crippen molar-refractivity contribution in [3.05, 3.63) is 18.2 Å². The maximum absolute atomic E-state index is 12.3. The quantitative estimate of drug-likeness (QED) is 0.800. The predicted molar refractivity (Wildman–Crippen MR) is 111 cm³/mol. The topological polar surface area (TPSA) is 80.5 Å². The van der Waals surface area contributed by atoms with Crippen LogP contribution >= 0.6 is 36.2 Å². The van der Waals surface area contributed by atoms with Crippen LogP contribution in [-0.4, -0.2) is 43.2 Å². The highest BCUT2D eigenvalue weighted by Crippen LogP contribution is 2.32. The first-order chi connectivity index (χ1) is 11.7. The Balaban J connectivity index is 0.00000121. The van der Waals surface area contributed by atoms with Crippen molar-refractivity contribution >= 4 is 63.1 Å². The third kappa shape index (κ3) is 4.58. The number of amides is 1. The number of aromatic nitrogens is 1. The summed E-state index contributed by atoms with van der Waals surface area (Å²) in [5.41, 5.74) is 7.72. The minimum atomic E-state index is 0. The lowest BCUT2D eigenvalue weighted by Gasteiger charge is -2.25. The van der Waals surface area contributed by atoms with Gasteiger partial charge in [-0.2, -0.15) is 0 Å². The van der Waals surface area contributed by atoms with Crippen molar-refractivity contribution in [1.82, 2.24) is 4.98 Å². The molecule has 1 aromatic carbocycles. The Morgan fingerprint density at radius 3 is 2.73 bits per heavy atom. The average Bonchev–Trinajstić information content (AvgIpc) is 3.21. The van der Waals surface area contributed by atoms with Gasteiger partial charge in [-0.05, 0) is 37.5 Å². The zero-order valence-electron chi connectivity index (χ0n) is 14.3. The van der Waals surface area contributed by atoms with E-state index in [4.69, 9.17) is 15.5 Å². The Morgan fingerprint density at radius 2 is 2.04 bits per heavy atom. The molecule has 1 saturated carbocycles. The number of thiazole rings is 1. The van der Waals surface area contributed by atoms with E-state index in [0.29, 0.717) is 0 Å². The molecule has 2 aromatic rings. The number of carbonyl (C=O) groups is 1. The fourth-order valence-corrected chi connectivity index (χ4v) is 4.44. The zero-order valence-corrected chi connectivity index (χ0v) is 16.8. The van der Waals surface area contributed by atoms with Crippen molar-refractivity contribution in [2.75, 3.05) is 36.5 Å². The van der Waals surface area contributed by atoms with Crippen LogP contribution in [0.3, 0.4) is 0 Å². The summed E-state index contributed by atoms with van der Waals surface area (Å²) in [5, 5.41) is 4.06. The van der Waals surface area contributed by atoms with Crippen LogP contribution in [0.1, 0.15) is 19.3 Å². The third-order valence-corrected chi connectivity index (χ3v) is 5.85. The summed E-state index contributed by atoms with van der Waals surface area (Å²) in [6, 6.07) is 6.09. The van der Waals surface area contributed by atoms with Gasteiger partial charge >= 0.3 is 0 Å². The molecule has 144 valence electrons. The second kappa shape index (κ2) is 9.19. The molecule has 3 N–H and O–H groups in total. The van der Waals surface area contributed by atoms with E-state index in [2.05, 4.69) is 10.2 Å². The van der Waals surface area contributed by atoms with Gasteiger partial charge in [0, 0.05) is 30.7 Å². The normalized spacial score (nSPS) is 22.6. The number of morpholine rings is 1. The average molecular weight is 419 g/mol. The van der Waals surface area contributed by atoms with Crippen LogP contribution in [0.15, 0.2) is 18.2 Å². The monoisotopic (exact) mass is 418 g/mol. The predicted octanol–water partition coefficient (Wildman–Crippen LogP) is 3.04. The highest BCUT2D eigenvalue weighted by atomic mass is 35.5. The van der Waals surface area contributed by atoms with Crippen molar-refractivity contribution in [3.63, 3.8) is 0 Å². The summed E-state index contributed by atoms with van der Waals surface area (Å²) in [7, 11) is 0.